The molecule has 6 nitrogen and oxygen atoms in total. The topological polar surface area (TPSA) is 61.9 Å². The minimum atomic E-state index is -0.294. The lowest BCUT2D eigenvalue weighted by Crippen LogP contribution is -2.23. The highest BCUT2D eigenvalue weighted by atomic mass is 16.5. The molecule has 0 amide bonds. The Labute approximate surface area is 191 Å². The van der Waals surface area contributed by atoms with Crippen LogP contribution in [0.4, 0.5) is 0 Å². The maximum absolute atomic E-state index is 12.4. The fourth-order valence-corrected chi connectivity index (χ4v) is 4.05. The predicted octanol–water partition coefficient (Wildman–Crippen LogP) is 4.98. The molecule has 5 rings (SSSR count). The fraction of sp³-hybridized carbons (Fsp3) is 0.148. The molecule has 5 aromatic rings. The van der Waals surface area contributed by atoms with Crippen LogP contribution in [0, 0.1) is 13.8 Å². The molecule has 164 valence electrons. The van der Waals surface area contributed by atoms with E-state index in [0.29, 0.717) is 12.3 Å². The van der Waals surface area contributed by atoms with Crippen LogP contribution in [-0.4, -0.2) is 19.8 Å². The molecule has 33 heavy (non-hydrogen) atoms. The number of nitrogens with zero attached hydrogens (tertiary/aromatic N) is 4. The van der Waals surface area contributed by atoms with E-state index < -0.39 is 0 Å². The molecule has 0 spiro atoms. The van der Waals surface area contributed by atoms with Crippen LogP contribution in [0.3, 0.4) is 0 Å². The zero-order valence-electron chi connectivity index (χ0n) is 18.8. The summed E-state index contributed by atoms with van der Waals surface area (Å²) in [5, 5.41) is 10.3. The van der Waals surface area contributed by atoms with E-state index in [9.17, 15) is 4.79 Å². The van der Waals surface area contributed by atoms with Crippen LogP contribution in [-0.2, 0) is 13.7 Å². The van der Waals surface area contributed by atoms with Gasteiger partial charge in [-0.1, -0.05) is 54.6 Å². The number of tetrazole rings is 1. The molecule has 0 saturated heterocycles. The van der Waals surface area contributed by atoms with Crippen molar-refractivity contribution in [2.45, 2.75) is 20.5 Å². The third-order valence-corrected chi connectivity index (χ3v) is 5.97. The van der Waals surface area contributed by atoms with Crippen molar-refractivity contribution >= 4 is 10.8 Å². The van der Waals surface area contributed by atoms with Gasteiger partial charge in [0.15, 0.2) is 0 Å². The molecule has 4 aromatic carbocycles. The highest BCUT2D eigenvalue weighted by Crippen LogP contribution is 2.29. The minimum absolute atomic E-state index is 0.294. The first-order valence-electron chi connectivity index (χ1n) is 10.8. The van der Waals surface area contributed by atoms with E-state index in [4.69, 9.17) is 4.74 Å². The van der Waals surface area contributed by atoms with E-state index in [-0.39, 0.29) is 5.69 Å². The van der Waals surface area contributed by atoms with Gasteiger partial charge in [-0.05, 0) is 81.6 Å². The highest BCUT2D eigenvalue weighted by Gasteiger charge is 2.14. The SMILES string of the molecule is Cc1cc(-c2ccc3ccccc3c2)ccc1OCc1c(C)cccc1-n1nnn(C)c1=O. The fourth-order valence-electron chi connectivity index (χ4n) is 4.05. The molecule has 0 unspecified atom stereocenters. The Balaban J connectivity index is 1.42. The van der Waals surface area contributed by atoms with Crippen molar-refractivity contribution in [3.05, 3.63) is 106 Å². The standard InChI is InChI=1S/C27H24N4O2/c1-18-7-6-10-25(31-27(32)30(3)28-29-31)24(18)17-33-26-14-13-22(15-19(26)2)23-12-11-20-8-4-5-9-21(20)16-23/h4-16H,17H2,1-3H3. The highest BCUT2D eigenvalue weighted by molar-refractivity contribution is 5.87. The lowest BCUT2D eigenvalue weighted by molar-refractivity contribution is 0.302. The second-order valence-corrected chi connectivity index (χ2v) is 8.20. The maximum atomic E-state index is 12.4. The van der Waals surface area contributed by atoms with Gasteiger partial charge in [-0.2, -0.15) is 9.36 Å². The number of aromatic nitrogens is 4. The lowest BCUT2D eigenvalue weighted by Gasteiger charge is -2.15. The van der Waals surface area contributed by atoms with E-state index in [2.05, 4.69) is 65.0 Å². The molecular formula is C27H24N4O2. The van der Waals surface area contributed by atoms with Gasteiger partial charge < -0.3 is 4.74 Å². The summed E-state index contributed by atoms with van der Waals surface area (Å²) < 4.78 is 8.72. The number of aryl methyl sites for hydroxylation is 3. The summed E-state index contributed by atoms with van der Waals surface area (Å²) >= 11 is 0. The van der Waals surface area contributed by atoms with E-state index in [1.54, 1.807) is 7.05 Å². The molecule has 0 N–H and O–H groups in total. The maximum Gasteiger partial charge on any atom is 0.368 e. The number of ether oxygens (including phenoxy) is 1. The zero-order chi connectivity index (χ0) is 22.9. The largest absolute Gasteiger partial charge is 0.489 e. The first-order valence-corrected chi connectivity index (χ1v) is 10.8. The number of hydrogen-bond acceptors (Lipinski definition) is 4. The Hall–Kier alpha value is -4.19. The van der Waals surface area contributed by atoms with Crippen molar-refractivity contribution in [1.29, 1.82) is 0 Å². The molecule has 0 aliphatic carbocycles. The summed E-state index contributed by atoms with van der Waals surface area (Å²) in [6, 6.07) is 26.9. The molecule has 0 fully saturated rings. The second-order valence-electron chi connectivity index (χ2n) is 8.20. The van der Waals surface area contributed by atoms with Gasteiger partial charge in [0.05, 0.1) is 5.69 Å². The van der Waals surface area contributed by atoms with Crippen molar-refractivity contribution in [3.8, 4) is 22.6 Å². The van der Waals surface area contributed by atoms with Crippen LogP contribution in [0.5, 0.6) is 5.75 Å². The van der Waals surface area contributed by atoms with Gasteiger partial charge in [0.25, 0.3) is 0 Å². The molecule has 0 atom stereocenters. The van der Waals surface area contributed by atoms with E-state index in [1.807, 2.05) is 38.1 Å². The normalized spacial score (nSPS) is 11.1. The van der Waals surface area contributed by atoms with Crippen molar-refractivity contribution in [2.75, 3.05) is 0 Å². The summed E-state index contributed by atoms with van der Waals surface area (Å²) in [7, 11) is 1.58. The lowest BCUT2D eigenvalue weighted by atomic mass is 9.99. The average molecular weight is 437 g/mol. The average Bonchev–Trinajstić information content (AvgIpc) is 3.16. The van der Waals surface area contributed by atoms with Gasteiger partial charge in [-0.25, -0.2) is 4.79 Å². The van der Waals surface area contributed by atoms with Gasteiger partial charge in [0.2, 0.25) is 0 Å². The van der Waals surface area contributed by atoms with Crippen LogP contribution in [0.2, 0.25) is 0 Å². The van der Waals surface area contributed by atoms with E-state index in [1.165, 1.54) is 25.7 Å². The van der Waals surface area contributed by atoms with E-state index in [0.717, 1.165) is 28.0 Å². The van der Waals surface area contributed by atoms with Crippen molar-refractivity contribution < 1.29 is 4.74 Å². The van der Waals surface area contributed by atoms with Crippen LogP contribution >= 0.6 is 0 Å². The van der Waals surface area contributed by atoms with Gasteiger partial charge in [0, 0.05) is 12.6 Å². The Morgan fingerprint density at radius 3 is 2.30 bits per heavy atom. The molecule has 0 aliphatic rings. The smallest absolute Gasteiger partial charge is 0.368 e. The second kappa shape index (κ2) is 8.39. The molecule has 0 saturated carbocycles. The molecule has 6 heteroatoms. The van der Waals surface area contributed by atoms with Crippen LogP contribution in [0.15, 0.2) is 83.7 Å². The van der Waals surface area contributed by atoms with Crippen LogP contribution < -0.4 is 10.4 Å². The van der Waals surface area contributed by atoms with Gasteiger partial charge in [0.1, 0.15) is 12.4 Å². The van der Waals surface area contributed by atoms with Crippen LogP contribution in [0.1, 0.15) is 16.7 Å². The summed E-state index contributed by atoms with van der Waals surface area (Å²) in [5.74, 6) is 0.806. The Kier molecular flexibility index (Phi) is 5.26. The minimum Gasteiger partial charge on any atom is -0.489 e. The molecule has 1 aromatic heterocycles. The third-order valence-electron chi connectivity index (χ3n) is 5.97. The number of benzene rings is 4. The first-order chi connectivity index (χ1) is 16.0. The summed E-state index contributed by atoms with van der Waals surface area (Å²) in [4.78, 5) is 12.4. The molecule has 0 bridgehead atoms. The van der Waals surface area contributed by atoms with E-state index >= 15 is 0 Å². The quantitative estimate of drug-likeness (QED) is 0.390. The van der Waals surface area contributed by atoms with Crippen molar-refractivity contribution in [1.82, 2.24) is 19.8 Å². The Morgan fingerprint density at radius 2 is 1.55 bits per heavy atom. The Bertz CT molecular complexity index is 1530. The third kappa shape index (κ3) is 3.91. The summed E-state index contributed by atoms with van der Waals surface area (Å²) in [6.45, 7) is 4.37. The molecule has 0 aliphatic heterocycles. The summed E-state index contributed by atoms with van der Waals surface area (Å²) in [6.07, 6.45) is 0. The number of fused-ring (bicyclic) bond motifs is 1. The van der Waals surface area contributed by atoms with Crippen LogP contribution in [0.25, 0.3) is 27.6 Å². The van der Waals surface area contributed by atoms with Gasteiger partial charge in [-0.3, -0.25) is 0 Å². The monoisotopic (exact) mass is 436 g/mol. The van der Waals surface area contributed by atoms with Gasteiger partial charge in [-0.15, -0.1) is 0 Å². The van der Waals surface area contributed by atoms with Crippen molar-refractivity contribution in [3.63, 3.8) is 0 Å². The number of rotatable bonds is 5. The van der Waals surface area contributed by atoms with Crippen molar-refractivity contribution in [2.24, 2.45) is 7.05 Å². The molecular weight excluding hydrogens is 412 g/mol. The molecule has 0 radical (unpaired) electrons. The zero-order valence-corrected chi connectivity index (χ0v) is 18.8. The number of hydrogen-bond donors (Lipinski definition) is 0. The predicted molar refractivity (Wildman–Crippen MR) is 130 cm³/mol. The molecule has 1 heterocycles. The Morgan fingerprint density at radius 1 is 0.788 bits per heavy atom. The summed E-state index contributed by atoms with van der Waals surface area (Å²) in [5.41, 5.74) is 5.68. The van der Waals surface area contributed by atoms with Gasteiger partial charge >= 0.3 is 5.69 Å². The first kappa shape index (κ1) is 20.7.